The number of benzene rings is 2. The zero-order valence-electron chi connectivity index (χ0n) is 21.6. The number of carbonyl (C=O) groups excluding carboxylic acids is 2. The van der Waals surface area contributed by atoms with Gasteiger partial charge in [-0.05, 0) is 61.1 Å². The van der Waals surface area contributed by atoms with Gasteiger partial charge < -0.3 is 19.5 Å². The summed E-state index contributed by atoms with van der Waals surface area (Å²) in [6.07, 6.45) is 0.00651. The third kappa shape index (κ3) is 6.31. The maximum absolute atomic E-state index is 13.2. The first-order chi connectivity index (χ1) is 16.6. The monoisotopic (exact) mass is 479 g/mol. The molecule has 6 heteroatoms. The molecule has 1 atom stereocenters. The highest BCUT2D eigenvalue weighted by atomic mass is 16.5. The van der Waals surface area contributed by atoms with Gasteiger partial charge in [0, 0.05) is 12.1 Å². The van der Waals surface area contributed by atoms with Gasteiger partial charge in [-0.1, -0.05) is 52.0 Å². The molecule has 0 bridgehead atoms. The van der Waals surface area contributed by atoms with E-state index in [4.69, 9.17) is 9.47 Å². The van der Waals surface area contributed by atoms with E-state index in [2.05, 4.69) is 27.7 Å². The summed E-state index contributed by atoms with van der Waals surface area (Å²) in [7, 11) is 0. The molecule has 0 radical (unpaired) electrons. The molecule has 3 rings (SSSR count). The molecule has 0 spiro atoms. The number of rotatable bonds is 10. The van der Waals surface area contributed by atoms with Crippen LogP contribution in [0.5, 0.6) is 5.75 Å². The van der Waals surface area contributed by atoms with Crippen LogP contribution in [0.4, 0.5) is 0 Å². The smallest absolute Gasteiger partial charge is 0.295 e. The van der Waals surface area contributed by atoms with Crippen molar-refractivity contribution in [1.29, 1.82) is 0 Å². The first-order valence-electron chi connectivity index (χ1n) is 12.3. The fourth-order valence-corrected chi connectivity index (χ4v) is 4.03. The fourth-order valence-electron chi connectivity index (χ4n) is 4.03. The normalized spacial score (nSPS) is 17.7. The number of carbonyl (C=O) groups is 2. The minimum atomic E-state index is -0.691. The molecular formula is C29H37NO5. The van der Waals surface area contributed by atoms with Gasteiger partial charge in [-0.3, -0.25) is 9.59 Å². The maximum atomic E-state index is 13.2. The lowest BCUT2D eigenvalue weighted by molar-refractivity contribution is -0.140. The molecule has 188 valence electrons. The predicted molar refractivity (Wildman–Crippen MR) is 137 cm³/mol. The van der Waals surface area contributed by atoms with Gasteiger partial charge in [-0.2, -0.15) is 0 Å². The Morgan fingerprint density at radius 2 is 1.57 bits per heavy atom. The summed E-state index contributed by atoms with van der Waals surface area (Å²) in [6, 6.07) is 14.1. The van der Waals surface area contributed by atoms with E-state index in [9.17, 15) is 14.7 Å². The molecule has 1 fully saturated rings. The minimum Gasteiger partial charge on any atom is -0.507 e. The molecule has 1 unspecified atom stereocenters. The molecule has 0 aromatic heterocycles. The Bertz CT molecular complexity index is 1050. The number of ether oxygens (including phenoxy) is 2. The number of nitrogens with zero attached hydrogens (tertiary/aromatic N) is 1. The predicted octanol–water partition coefficient (Wildman–Crippen LogP) is 5.69. The highest BCUT2D eigenvalue weighted by molar-refractivity contribution is 6.46. The van der Waals surface area contributed by atoms with Crippen LogP contribution in [0.15, 0.2) is 54.1 Å². The summed E-state index contributed by atoms with van der Waals surface area (Å²) in [6.45, 7) is 13.3. The second kappa shape index (κ2) is 11.5. The minimum absolute atomic E-state index is 0.00651. The molecule has 2 aromatic rings. The van der Waals surface area contributed by atoms with Crippen molar-refractivity contribution in [2.75, 3.05) is 19.8 Å². The van der Waals surface area contributed by atoms with Crippen LogP contribution in [0.1, 0.15) is 70.2 Å². The molecule has 6 nitrogen and oxygen atoms in total. The largest absolute Gasteiger partial charge is 0.507 e. The molecule has 1 aliphatic rings. The van der Waals surface area contributed by atoms with Crippen LogP contribution in [0, 0.1) is 5.92 Å². The molecule has 0 saturated carbocycles. The van der Waals surface area contributed by atoms with E-state index in [1.807, 2.05) is 38.1 Å². The number of ketones is 1. The van der Waals surface area contributed by atoms with Gasteiger partial charge in [0.2, 0.25) is 0 Å². The molecule has 0 aliphatic carbocycles. The lowest BCUT2D eigenvalue weighted by atomic mass is 9.93. The van der Waals surface area contributed by atoms with Crippen molar-refractivity contribution in [1.82, 2.24) is 4.90 Å². The van der Waals surface area contributed by atoms with Crippen LogP contribution in [0.25, 0.3) is 5.76 Å². The van der Waals surface area contributed by atoms with Crippen molar-refractivity contribution >= 4 is 17.4 Å². The average Bonchev–Trinajstić information content (AvgIpc) is 3.07. The first kappa shape index (κ1) is 26.5. The zero-order chi connectivity index (χ0) is 25.7. The van der Waals surface area contributed by atoms with Crippen molar-refractivity contribution < 1.29 is 24.2 Å². The Balaban J connectivity index is 2.01. The van der Waals surface area contributed by atoms with Crippen LogP contribution in [-0.4, -0.2) is 47.6 Å². The second-order valence-corrected chi connectivity index (χ2v) is 9.96. The van der Waals surface area contributed by atoms with Crippen LogP contribution in [0.2, 0.25) is 0 Å². The quantitative estimate of drug-likeness (QED) is 0.269. The van der Waals surface area contributed by atoms with E-state index in [-0.39, 0.29) is 24.0 Å². The van der Waals surface area contributed by atoms with Crippen molar-refractivity contribution in [3.63, 3.8) is 0 Å². The Hall–Kier alpha value is -3.12. The number of likely N-dealkylation sites (tertiary alicyclic amines) is 1. The zero-order valence-corrected chi connectivity index (χ0v) is 21.6. The number of hydrogen-bond acceptors (Lipinski definition) is 5. The number of aliphatic hydroxyl groups is 1. The third-order valence-electron chi connectivity index (χ3n) is 5.95. The highest BCUT2D eigenvalue weighted by Crippen LogP contribution is 2.39. The summed E-state index contributed by atoms with van der Waals surface area (Å²) in [5, 5.41) is 11.2. The molecule has 35 heavy (non-hydrogen) atoms. The van der Waals surface area contributed by atoms with E-state index in [0.29, 0.717) is 36.4 Å². The topological polar surface area (TPSA) is 76.1 Å². The first-order valence-corrected chi connectivity index (χ1v) is 12.3. The van der Waals surface area contributed by atoms with Gasteiger partial charge in [-0.15, -0.1) is 0 Å². The van der Waals surface area contributed by atoms with Crippen molar-refractivity contribution in [3.8, 4) is 5.75 Å². The molecule has 1 N–H and O–H groups in total. The molecule has 1 aliphatic heterocycles. The molecule has 1 saturated heterocycles. The standard InChI is InChI=1S/C29H37NO5/c1-18(2)17-35-24-13-11-23(12-14-24)27(31)25-26(22-9-7-21(8-10-22)19(3)4)30(29(33)28(25)32)15-16-34-20(5)6/h7-14,18-20,26,31H,15-17H2,1-6H3/b27-25-. The summed E-state index contributed by atoms with van der Waals surface area (Å²) < 4.78 is 11.4. The van der Waals surface area contributed by atoms with Gasteiger partial charge in [0.25, 0.3) is 11.7 Å². The second-order valence-electron chi connectivity index (χ2n) is 9.96. The van der Waals surface area contributed by atoms with Crippen LogP contribution in [0.3, 0.4) is 0 Å². The summed E-state index contributed by atoms with van der Waals surface area (Å²) in [5.41, 5.74) is 2.48. The third-order valence-corrected chi connectivity index (χ3v) is 5.95. The molecular weight excluding hydrogens is 442 g/mol. The van der Waals surface area contributed by atoms with E-state index in [1.165, 1.54) is 4.90 Å². The van der Waals surface area contributed by atoms with E-state index >= 15 is 0 Å². The lowest BCUT2D eigenvalue weighted by Crippen LogP contribution is -2.33. The van der Waals surface area contributed by atoms with Gasteiger partial charge in [0.1, 0.15) is 11.5 Å². The maximum Gasteiger partial charge on any atom is 0.295 e. The molecule has 1 amide bonds. The van der Waals surface area contributed by atoms with Gasteiger partial charge in [0.05, 0.1) is 30.9 Å². The van der Waals surface area contributed by atoms with Gasteiger partial charge in [0.15, 0.2) is 0 Å². The van der Waals surface area contributed by atoms with Crippen LogP contribution in [-0.2, 0) is 14.3 Å². The number of Topliss-reactive ketones (excluding diaryl/α,β-unsaturated/α-hetero) is 1. The number of amides is 1. The van der Waals surface area contributed by atoms with Gasteiger partial charge in [-0.25, -0.2) is 0 Å². The Morgan fingerprint density at radius 3 is 2.11 bits per heavy atom. The summed E-state index contributed by atoms with van der Waals surface area (Å²) >= 11 is 0. The van der Waals surface area contributed by atoms with Crippen molar-refractivity contribution in [2.24, 2.45) is 5.92 Å². The van der Waals surface area contributed by atoms with Crippen molar-refractivity contribution in [2.45, 2.75) is 59.6 Å². The summed E-state index contributed by atoms with van der Waals surface area (Å²) in [4.78, 5) is 27.7. The van der Waals surface area contributed by atoms with E-state index in [0.717, 1.165) is 11.1 Å². The Kier molecular flexibility index (Phi) is 8.73. The van der Waals surface area contributed by atoms with E-state index < -0.39 is 17.7 Å². The average molecular weight is 480 g/mol. The van der Waals surface area contributed by atoms with Crippen LogP contribution < -0.4 is 4.74 Å². The SMILES string of the molecule is CC(C)COc1ccc(/C(O)=C2/C(=O)C(=O)N(CCOC(C)C)C2c2ccc(C(C)C)cc2)cc1. The fraction of sp³-hybridized carbons (Fsp3) is 0.448. The Labute approximate surface area is 208 Å². The van der Waals surface area contributed by atoms with Crippen LogP contribution >= 0.6 is 0 Å². The number of hydrogen-bond donors (Lipinski definition) is 1. The van der Waals surface area contributed by atoms with E-state index in [1.54, 1.807) is 24.3 Å². The molecule has 1 heterocycles. The van der Waals surface area contributed by atoms with Gasteiger partial charge >= 0.3 is 0 Å². The van der Waals surface area contributed by atoms with Crippen molar-refractivity contribution in [3.05, 3.63) is 70.8 Å². The summed E-state index contributed by atoms with van der Waals surface area (Å²) in [5.74, 6) is -0.0858. The Morgan fingerprint density at radius 1 is 0.943 bits per heavy atom. The highest BCUT2D eigenvalue weighted by Gasteiger charge is 2.45. The number of aliphatic hydroxyl groups excluding tert-OH is 1. The molecule has 2 aromatic carbocycles. The lowest BCUT2D eigenvalue weighted by Gasteiger charge is -2.26.